The van der Waals surface area contributed by atoms with Gasteiger partial charge in [-0.2, -0.15) is 0 Å². The topological polar surface area (TPSA) is 17.8 Å². The van der Waals surface area contributed by atoms with Crippen LogP contribution in [0.5, 0.6) is 0 Å². The van der Waals surface area contributed by atoms with Crippen LogP contribution in [0, 0.1) is 0 Å². The van der Waals surface area contributed by atoms with Gasteiger partial charge in [0.2, 0.25) is 0 Å². The maximum absolute atomic E-state index is 5.19. The van der Waals surface area contributed by atoms with Gasteiger partial charge in [0, 0.05) is 17.0 Å². The van der Waals surface area contributed by atoms with Gasteiger partial charge in [-0.15, -0.1) is 0 Å². The molecule has 210 valence electrons. The minimum absolute atomic E-state index is 0.642. The third kappa shape index (κ3) is 4.03. The van der Waals surface area contributed by atoms with Crippen LogP contribution in [0.3, 0.4) is 0 Å². The summed E-state index contributed by atoms with van der Waals surface area (Å²) in [5, 5.41) is 2.92. The summed E-state index contributed by atoms with van der Waals surface area (Å²) in [6, 6.07) is 30.0. The fourth-order valence-electron chi connectivity index (χ4n) is 8.27. The summed E-state index contributed by atoms with van der Waals surface area (Å²) in [6.07, 6.45) is 21.0. The van der Waals surface area contributed by atoms with Crippen LogP contribution >= 0.6 is 0 Å². The van der Waals surface area contributed by atoms with E-state index in [1.807, 2.05) is 0 Å². The number of aromatic nitrogens is 2. The molecule has 4 aliphatic carbocycles. The fourth-order valence-corrected chi connectivity index (χ4v) is 8.27. The molecule has 4 aromatic carbocycles. The van der Waals surface area contributed by atoms with Crippen LogP contribution in [0.2, 0.25) is 0 Å². The maximum atomic E-state index is 5.19. The first-order chi connectivity index (χ1) is 21.3. The first kappa shape index (κ1) is 25.1. The van der Waals surface area contributed by atoms with E-state index in [-0.39, 0.29) is 0 Å². The number of rotatable bonds is 4. The van der Waals surface area contributed by atoms with E-state index in [2.05, 4.69) is 114 Å². The third-order valence-electron chi connectivity index (χ3n) is 10.4. The molecular formula is C41H36N2. The van der Waals surface area contributed by atoms with Crippen molar-refractivity contribution in [2.45, 2.75) is 63.2 Å². The van der Waals surface area contributed by atoms with Gasteiger partial charge in [-0.1, -0.05) is 103 Å². The number of fused-ring (bicyclic) bond motifs is 4. The lowest BCUT2D eigenvalue weighted by Gasteiger charge is -2.22. The van der Waals surface area contributed by atoms with Gasteiger partial charge in [-0.3, -0.25) is 4.57 Å². The predicted octanol–water partition coefficient (Wildman–Crippen LogP) is 10.6. The molecule has 2 atom stereocenters. The summed E-state index contributed by atoms with van der Waals surface area (Å²) in [6.45, 7) is 0. The van der Waals surface area contributed by atoms with E-state index in [4.69, 9.17) is 4.98 Å². The number of hydrogen-bond acceptors (Lipinski definition) is 1. The molecule has 2 unspecified atom stereocenters. The highest BCUT2D eigenvalue weighted by atomic mass is 15.1. The molecule has 0 amide bonds. The number of imidazole rings is 1. The smallest absolute Gasteiger partial charge is 0.145 e. The molecule has 2 heteroatoms. The van der Waals surface area contributed by atoms with Crippen LogP contribution in [0.25, 0.3) is 50.1 Å². The van der Waals surface area contributed by atoms with Crippen LogP contribution in [0.4, 0.5) is 0 Å². The molecule has 5 aromatic rings. The first-order valence-electron chi connectivity index (χ1n) is 16.2. The van der Waals surface area contributed by atoms with Gasteiger partial charge in [-0.05, 0) is 113 Å². The minimum atomic E-state index is 0.642. The molecule has 43 heavy (non-hydrogen) atoms. The number of aryl methyl sites for hydroxylation is 1. The quantitative estimate of drug-likeness (QED) is 0.201. The van der Waals surface area contributed by atoms with Crippen molar-refractivity contribution in [3.63, 3.8) is 0 Å². The van der Waals surface area contributed by atoms with Gasteiger partial charge in [0.1, 0.15) is 5.82 Å². The highest BCUT2D eigenvalue weighted by molar-refractivity contribution is 6.02. The Morgan fingerprint density at radius 3 is 2.07 bits per heavy atom. The van der Waals surface area contributed by atoms with Crippen LogP contribution < -0.4 is 0 Å². The standard InChI is InChI=1S/C41H36N2/c1-2-9-31(10-3-1)43-39-16-7-6-15-38(39)42-41(43)30-23-19-28(20-24-30)27-17-21-29(22-18-27)32-25-26-37-34-12-5-4-11-33(34)36-14-8-13-35(32)40(36)37/h2,4-5,8-10,13-14,17-26,33-34H,1,3,6-7,11-12,15-16H2. The van der Waals surface area contributed by atoms with Gasteiger partial charge in [0.15, 0.2) is 0 Å². The third-order valence-corrected chi connectivity index (χ3v) is 10.4. The van der Waals surface area contributed by atoms with Crippen LogP contribution in [-0.2, 0) is 12.8 Å². The summed E-state index contributed by atoms with van der Waals surface area (Å²) in [5.74, 6) is 2.38. The Morgan fingerprint density at radius 2 is 1.33 bits per heavy atom. The van der Waals surface area contributed by atoms with Crippen molar-refractivity contribution in [3.05, 3.63) is 132 Å². The second-order valence-electron chi connectivity index (χ2n) is 12.8. The lowest BCUT2D eigenvalue weighted by atomic mass is 9.81. The molecule has 0 bridgehead atoms. The van der Waals surface area contributed by atoms with Gasteiger partial charge < -0.3 is 0 Å². The highest BCUT2D eigenvalue weighted by Gasteiger charge is 2.34. The van der Waals surface area contributed by atoms with Crippen molar-refractivity contribution in [2.75, 3.05) is 0 Å². The van der Waals surface area contributed by atoms with Gasteiger partial charge >= 0.3 is 0 Å². The maximum Gasteiger partial charge on any atom is 0.145 e. The molecule has 9 rings (SSSR count). The summed E-state index contributed by atoms with van der Waals surface area (Å²) < 4.78 is 2.44. The van der Waals surface area contributed by atoms with E-state index in [1.165, 1.54) is 81.4 Å². The Bertz CT molecular complexity index is 1940. The molecule has 0 saturated heterocycles. The largest absolute Gasteiger partial charge is 0.297 e. The van der Waals surface area contributed by atoms with Gasteiger partial charge in [0.05, 0.1) is 5.69 Å². The van der Waals surface area contributed by atoms with Crippen molar-refractivity contribution < 1.29 is 0 Å². The van der Waals surface area contributed by atoms with Crippen LogP contribution in [0.1, 0.15) is 72.9 Å². The second-order valence-corrected chi connectivity index (χ2v) is 12.8. The van der Waals surface area contributed by atoms with Crippen molar-refractivity contribution in [1.82, 2.24) is 9.55 Å². The van der Waals surface area contributed by atoms with Crippen molar-refractivity contribution >= 4 is 16.5 Å². The molecule has 0 fully saturated rings. The first-order valence-corrected chi connectivity index (χ1v) is 16.2. The molecule has 1 heterocycles. The Balaban J connectivity index is 1.04. The average molecular weight is 557 g/mol. The predicted molar refractivity (Wildman–Crippen MR) is 179 cm³/mol. The lowest BCUT2D eigenvalue weighted by Crippen LogP contribution is -2.09. The SMILES string of the molecule is C1=CC(n2c(-c3ccc(-c4ccc(-c5ccc6c7c(cccc57)C5CC=CCC65)cc4)cc3)nc3c2CCCC3)=CCC1. The zero-order valence-electron chi connectivity index (χ0n) is 24.6. The minimum Gasteiger partial charge on any atom is -0.297 e. The Labute approximate surface area is 254 Å². The summed E-state index contributed by atoms with van der Waals surface area (Å²) in [4.78, 5) is 5.19. The Kier molecular flexibility index (Phi) is 5.89. The van der Waals surface area contributed by atoms with Crippen molar-refractivity contribution in [3.8, 4) is 33.6 Å². The van der Waals surface area contributed by atoms with Gasteiger partial charge in [-0.25, -0.2) is 4.98 Å². The number of allylic oxidation sites excluding steroid dienone is 6. The zero-order chi connectivity index (χ0) is 28.3. The molecule has 4 aliphatic rings. The lowest BCUT2D eigenvalue weighted by molar-refractivity contribution is 0.550. The number of nitrogens with zero attached hydrogens (tertiary/aromatic N) is 2. The Morgan fingerprint density at radius 1 is 0.628 bits per heavy atom. The molecule has 0 N–H and O–H groups in total. The molecular weight excluding hydrogens is 520 g/mol. The monoisotopic (exact) mass is 556 g/mol. The zero-order valence-corrected chi connectivity index (χ0v) is 24.6. The van der Waals surface area contributed by atoms with Gasteiger partial charge in [0.25, 0.3) is 0 Å². The van der Waals surface area contributed by atoms with E-state index in [0.717, 1.165) is 31.5 Å². The molecule has 1 aromatic heterocycles. The Hall–Kier alpha value is -4.43. The fraction of sp³-hybridized carbons (Fsp3) is 0.244. The number of hydrogen-bond donors (Lipinski definition) is 0. The van der Waals surface area contributed by atoms with Crippen molar-refractivity contribution in [2.24, 2.45) is 0 Å². The molecule has 0 aliphatic heterocycles. The number of benzene rings is 4. The normalized spacial score (nSPS) is 20.2. The molecule has 0 saturated carbocycles. The molecule has 2 nitrogen and oxygen atoms in total. The second kappa shape index (κ2) is 10.1. The van der Waals surface area contributed by atoms with Crippen LogP contribution in [0.15, 0.2) is 109 Å². The van der Waals surface area contributed by atoms with E-state index in [0.29, 0.717) is 11.8 Å². The van der Waals surface area contributed by atoms with Crippen LogP contribution in [-0.4, -0.2) is 9.55 Å². The van der Waals surface area contributed by atoms with E-state index in [9.17, 15) is 0 Å². The average Bonchev–Trinajstić information content (AvgIpc) is 3.63. The summed E-state index contributed by atoms with van der Waals surface area (Å²) in [7, 11) is 0. The highest BCUT2D eigenvalue weighted by Crippen LogP contribution is 2.53. The van der Waals surface area contributed by atoms with E-state index >= 15 is 0 Å². The van der Waals surface area contributed by atoms with E-state index in [1.54, 1.807) is 11.1 Å². The van der Waals surface area contributed by atoms with E-state index < -0.39 is 0 Å². The molecule has 0 radical (unpaired) electrons. The summed E-state index contributed by atoms with van der Waals surface area (Å²) in [5.41, 5.74) is 13.4. The summed E-state index contributed by atoms with van der Waals surface area (Å²) >= 11 is 0. The van der Waals surface area contributed by atoms with Crippen molar-refractivity contribution in [1.29, 1.82) is 0 Å². The molecule has 0 spiro atoms.